The van der Waals surface area contributed by atoms with Gasteiger partial charge in [0.15, 0.2) is 0 Å². The number of aromatic nitrogens is 2. The molecule has 1 heterocycles. The summed E-state index contributed by atoms with van der Waals surface area (Å²) in [5.41, 5.74) is 1.08. The van der Waals surface area contributed by atoms with Crippen LogP contribution in [0.25, 0.3) is 0 Å². The minimum absolute atomic E-state index is 0.673. The molecule has 0 bridgehead atoms. The van der Waals surface area contributed by atoms with Gasteiger partial charge in [-0.2, -0.15) is 0 Å². The second-order valence-electron chi connectivity index (χ2n) is 4.59. The van der Waals surface area contributed by atoms with Crippen molar-refractivity contribution in [2.24, 2.45) is 11.8 Å². The Morgan fingerprint density at radius 1 is 1.40 bits per heavy atom. The normalized spacial score (nSPS) is 13.2. The predicted molar refractivity (Wildman–Crippen MR) is 65.1 cm³/mol. The van der Waals surface area contributed by atoms with Crippen molar-refractivity contribution >= 4 is 5.95 Å². The number of anilines is 1. The van der Waals surface area contributed by atoms with Crippen molar-refractivity contribution in [2.45, 2.75) is 41.2 Å². The summed E-state index contributed by atoms with van der Waals surface area (Å²) in [7, 11) is 0. The molecule has 0 aliphatic rings. The van der Waals surface area contributed by atoms with Gasteiger partial charge in [0.25, 0.3) is 0 Å². The molecule has 1 unspecified atom stereocenters. The van der Waals surface area contributed by atoms with E-state index in [0.29, 0.717) is 11.8 Å². The first-order valence-corrected chi connectivity index (χ1v) is 5.82. The summed E-state index contributed by atoms with van der Waals surface area (Å²) in [6.07, 6.45) is 2.09. The minimum atomic E-state index is 0.673. The molecule has 3 heteroatoms. The lowest BCUT2D eigenvalue weighted by Crippen LogP contribution is -2.18. The summed E-state index contributed by atoms with van der Waals surface area (Å²) >= 11 is 0. The van der Waals surface area contributed by atoms with Gasteiger partial charge in [-0.3, -0.25) is 0 Å². The number of nitrogens with one attached hydrogen (secondary N) is 1. The summed E-state index contributed by atoms with van der Waals surface area (Å²) < 4.78 is 2.16. The van der Waals surface area contributed by atoms with Gasteiger partial charge in [0, 0.05) is 19.3 Å². The van der Waals surface area contributed by atoms with Gasteiger partial charge in [0.2, 0.25) is 5.95 Å². The van der Waals surface area contributed by atoms with E-state index in [9.17, 15) is 0 Å². The van der Waals surface area contributed by atoms with Crippen LogP contribution in [0.3, 0.4) is 0 Å². The van der Waals surface area contributed by atoms with Crippen molar-refractivity contribution in [3.63, 3.8) is 0 Å². The molecule has 1 aromatic rings. The molecule has 0 radical (unpaired) electrons. The van der Waals surface area contributed by atoms with Crippen molar-refractivity contribution in [1.82, 2.24) is 9.55 Å². The quantitative estimate of drug-likeness (QED) is 0.808. The Kier molecular flexibility index (Phi) is 4.18. The largest absolute Gasteiger partial charge is 0.355 e. The summed E-state index contributed by atoms with van der Waals surface area (Å²) in [4.78, 5) is 4.46. The number of hydrogen-bond acceptors (Lipinski definition) is 2. The van der Waals surface area contributed by atoms with Gasteiger partial charge >= 0.3 is 0 Å². The number of hydrogen-bond donors (Lipinski definition) is 1. The molecule has 1 aromatic heterocycles. The maximum Gasteiger partial charge on any atom is 0.203 e. The second-order valence-corrected chi connectivity index (χ2v) is 4.59. The van der Waals surface area contributed by atoms with Crippen LogP contribution < -0.4 is 5.32 Å². The Hall–Kier alpha value is -0.990. The lowest BCUT2D eigenvalue weighted by Gasteiger charge is -2.16. The van der Waals surface area contributed by atoms with E-state index in [4.69, 9.17) is 0 Å². The van der Waals surface area contributed by atoms with E-state index in [-0.39, 0.29) is 0 Å². The number of rotatable bonds is 5. The van der Waals surface area contributed by atoms with E-state index in [1.165, 1.54) is 0 Å². The molecule has 0 saturated carbocycles. The minimum Gasteiger partial charge on any atom is -0.355 e. The zero-order chi connectivity index (χ0) is 11.4. The predicted octanol–water partition coefficient (Wildman–Crippen LogP) is 2.92. The van der Waals surface area contributed by atoms with Gasteiger partial charge in [-0.05, 0) is 25.7 Å². The fourth-order valence-electron chi connectivity index (χ4n) is 1.42. The first-order chi connectivity index (χ1) is 7.04. The molecule has 0 amide bonds. The third kappa shape index (κ3) is 3.26. The zero-order valence-corrected chi connectivity index (χ0v) is 10.5. The van der Waals surface area contributed by atoms with E-state index in [2.05, 4.69) is 48.8 Å². The van der Waals surface area contributed by atoms with Gasteiger partial charge in [0.05, 0.1) is 5.69 Å². The van der Waals surface area contributed by atoms with Gasteiger partial charge in [0.1, 0.15) is 0 Å². The Bertz CT molecular complexity index is 302. The van der Waals surface area contributed by atoms with Crippen LogP contribution in [0.5, 0.6) is 0 Å². The van der Waals surface area contributed by atoms with E-state index >= 15 is 0 Å². The molecule has 1 N–H and O–H groups in total. The van der Waals surface area contributed by atoms with Crippen LogP contribution in [-0.2, 0) is 6.54 Å². The molecule has 0 fully saturated rings. The van der Waals surface area contributed by atoms with Crippen LogP contribution in [0.4, 0.5) is 5.95 Å². The lowest BCUT2D eigenvalue weighted by molar-refractivity contribution is 0.438. The molecule has 1 rings (SSSR count). The monoisotopic (exact) mass is 209 g/mol. The van der Waals surface area contributed by atoms with Crippen molar-refractivity contribution < 1.29 is 0 Å². The highest BCUT2D eigenvalue weighted by atomic mass is 15.2. The fraction of sp³-hybridized carbons (Fsp3) is 0.750. The molecular formula is C12H23N3. The standard InChI is InChI=1S/C12H23N3/c1-6-15-8-11(5)14-12(15)13-7-10(4)9(2)3/h8-10H,6-7H2,1-5H3,(H,13,14). The van der Waals surface area contributed by atoms with Crippen molar-refractivity contribution in [2.75, 3.05) is 11.9 Å². The third-order valence-electron chi connectivity index (χ3n) is 2.96. The molecule has 15 heavy (non-hydrogen) atoms. The van der Waals surface area contributed by atoms with Gasteiger partial charge in [-0.25, -0.2) is 4.98 Å². The second kappa shape index (κ2) is 5.19. The van der Waals surface area contributed by atoms with Crippen molar-refractivity contribution in [3.8, 4) is 0 Å². The topological polar surface area (TPSA) is 29.9 Å². The SMILES string of the molecule is CCn1cc(C)nc1NCC(C)C(C)C. The van der Waals surface area contributed by atoms with Crippen LogP contribution in [0.2, 0.25) is 0 Å². The summed E-state index contributed by atoms with van der Waals surface area (Å²) in [6, 6.07) is 0. The maximum absolute atomic E-state index is 4.46. The van der Waals surface area contributed by atoms with E-state index < -0.39 is 0 Å². The molecule has 86 valence electrons. The zero-order valence-electron chi connectivity index (χ0n) is 10.5. The first kappa shape index (κ1) is 12.1. The van der Waals surface area contributed by atoms with E-state index in [1.54, 1.807) is 0 Å². The van der Waals surface area contributed by atoms with Crippen molar-refractivity contribution in [1.29, 1.82) is 0 Å². The van der Waals surface area contributed by atoms with Crippen LogP contribution in [0, 0.1) is 18.8 Å². The van der Waals surface area contributed by atoms with Gasteiger partial charge < -0.3 is 9.88 Å². The Morgan fingerprint density at radius 2 is 2.07 bits per heavy atom. The number of nitrogens with zero attached hydrogens (tertiary/aromatic N) is 2. The van der Waals surface area contributed by atoms with E-state index in [1.807, 2.05) is 6.92 Å². The summed E-state index contributed by atoms with van der Waals surface area (Å²) in [6.45, 7) is 12.9. The number of imidazole rings is 1. The Labute approximate surface area is 92.9 Å². The average molecular weight is 209 g/mol. The summed E-state index contributed by atoms with van der Waals surface area (Å²) in [5, 5.41) is 3.42. The highest BCUT2D eigenvalue weighted by molar-refractivity contribution is 5.28. The molecule has 0 aromatic carbocycles. The van der Waals surface area contributed by atoms with Gasteiger partial charge in [-0.1, -0.05) is 20.8 Å². The van der Waals surface area contributed by atoms with Crippen molar-refractivity contribution in [3.05, 3.63) is 11.9 Å². The van der Waals surface area contributed by atoms with E-state index in [0.717, 1.165) is 24.7 Å². The molecule has 0 spiro atoms. The Morgan fingerprint density at radius 3 is 2.60 bits per heavy atom. The first-order valence-electron chi connectivity index (χ1n) is 5.82. The molecule has 0 saturated heterocycles. The highest BCUT2D eigenvalue weighted by Gasteiger charge is 2.09. The third-order valence-corrected chi connectivity index (χ3v) is 2.96. The van der Waals surface area contributed by atoms with Crippen LogP contribution in [0.15, 0.2) is 6.20 Å². The molecule has 0 aliphatic heterocycles. The van der Waals surface area contributed by atoms with Crippen LogP contribution in [0.1, 0.15) is 33.4 Å². The van der Waals surface area contributed by atoms with Gasteiger partial charge in [-0.15, -0.1) is 0 Å². The summed E-state index contributed by atoms with van der Waals surface area (Å²) in [5.74, 6) is 2.39. The maximum atomic E-state index is 4.46. The highest BCUT2D eigenvalue weighted by Crippen LogP contribution is 2.12. The fourth-order valence-corrected chi connectivity index (χ4v) is 1.42. The molecular weight excluding hydrogens is 186 g/mol. The molecule has 3 nitrogen and oxygen atoms in total. The lowest BCUT2D eigenvalue weighted by atomic mass is 9.98. The average Bonchev–Trinajstić information content (AvgIpc) is 2.55. The van der Waals surface area contributed by atoms with Crippen LogP contribution in [-0.4, -0.2) is 16.1 Å². The van der Waals surface area contributed by atoms with Crippen LogP contribution >= 0.6 is 0 Å². The molecule has 0 aliphatic carbocycles. The number of aryl methyl sites for hydroxylation is 2. The smallest absolute Gasteiger partial charge is 0.203 e. The Balaban J connectivity index is 2.56. The molecule has 1 atom stereocenters.